The molecule has 17 heavy (non-hydrogen) atoms. The van der Waals surface area contributed by atoms with Gasteiger partial charge in [-0.3, -0.25) is 0 Å². The van der Waals surface area contributed by atoms with Gasteiger partial charge in [-0.15, -0.1) is 0 Å². The molecule has 1 saturated carbocycles. The normalized spacial score (nSPS) is 24.4. The van der Waals surface area contributed by atoms with Gasteiger partial charge in [-0.05, 0) is 72.0 Å². The fraction of sp³-hybridized carbons (Fsp3) is 1.00. The molecule has 3 nitrogen and oxygen atoms in total. The molecule has 102 valence electrons. The summed E-state index contributed by atoms with van der Waals surface area (Å²) in [5.74, 6) is 0.897. The Morgan fingerprint density at radius 1 is 1.12 bits per heavy atom. The Morgan fingerprint density at radius 3 is 2.35 bits per heavy atom. The molecule has 0 aromatic heterocycles. The molecule has 0 heterocycles. The van der Waals surface area contributed by atoms with Gasteiger partial charge >= 0.3 is 0 Å². The minimum atomic E-state index is 0.848. The lowest BCUT2D eigenvalue weighted by Gasteiger charge is -2.44. The van der Waals surface area contributed by atoms with Crippen LogP contribution in [0.2, 0.25) is 0 Å². The van der Waals surface area contributed by atoms with Gasteiger partial charge in [-0.1, -0.05) is 13.8 Å². The van der Waals surface area contributed by atoms with Crippen molar-refractivity contribution in [1.29, 1.82) is 0 Å². The second kappa shape index (κ2) is 8.06. The van der Waals surface area contributed by atoms with Crippen LogP contribution >= 0.6 is 0 Å². The van der Waals surface area contributed by atoms with Gasteiger partial charge in [0.1, 0.15) is 0 Å². The summed E-state index contributed by atoms with van der Waals surface area (Å²) in [4.78, 5) is 4.97. The third kappa shape index (κ3) is 4.94. The van der Waals surface area contributed by atoms with Crippen LogP contribution in [0.15, 0.2) is 0 Å². The van der Waals surface area contributed by atoms with E-state index in [1.165, 1.54) is 45.4 Å². The molecule has 0 saturated heterocycles. The first kappa shape index (κ1) is 14.9. The van der Waals surface area contributed by atoms with E-state index in [2.05, 4.69) is 43.1 Å². The summed E-state index contributed by atoms with van der Waals surface area (Å²) in [6, 6.07) is 0.848. The minimum absolute atomic E-state index is 0.848. The van der Waals surface area contributed by atoms with Crippen LogP contribution in [0.1, 0.15) is 33.1 Å². The first-order chi connectivity index (χ1) is 8.19. The fourth-order valence-electron chi connectivity index (χ4n) is 2.75. The molecule has 0 aromatic rings. The highest BCUT2D eigenvalue weighted by molar-refractivity contribution is 4.89. The first-order valence-electron chi connectivity index (χ1n) is 7.28. The van der Waals surface area contributed by atoms with Crippen LogP contribution < -0.4 is 5.32 Å². The molecule has 0 aromatic carbocycles. The molecule has 1 N–H and O–H groups in total. The molecule has 1 aliphatic rings. The summed E-state index contributed by atoms with van der Waals surface area (Å²) in [6.07, 6.45) is 4.12. The van der Waals surface area contributed by atoms with E-state index in [4.69, 9.17) is 0 Å². The smallest absolute Gasteiger partial charge is 0.0136 e. The van der Waals surface area contributed by atoms with E-state index in [0.29, 0.717) is 0 Å². The number of hydrogen-bond donors (Lipinski definition) is 1. The maximum atomic E-state index is 3.50. The predicted molar refractivity (Wildman–Crippen MR) is 75.5 cm³/mol. The largest absolute Gasteiger partial charge is 0.317 e. The minimum Gasteiger partial charge on any atom is -0.317 e. The van der Waals surface area contributed by atoms with Gasteiger partial charge in [-0.25, -0.2) is 0 Å². The zero-order valence-corrected chi connectivity index (χ0v) is 12.2. The lowest BCUT2D eigenvalue weighted by molar-refractivity contribution is 0.0638. The van der Waals surface area contributed by atoms with Crippen molar-refractivity contribution in [2.45, 2.75) is 39.2 Å². The van der Waals surface area contributed by atoms with Gasteiger partial charge in [0.2, 0.25) is 0 Å². The van der Waals surface area contributed by atoms with Gasteiger partial charge in [0.15, 0.2) is 0 Å². The van der Waals surface area contributed by atoms with E-state index < -0.39 is 0 Å². The van der Waals surface area contributed by atoms with Crippen molar-refractivity contribution < 1.29 is 0 Å². The second-order valence-electron chi connectivity index (χ2n) is 5.50. The quantitative estimate of drug-likeness (QED) is 0.662. The molecular formula is C14H31N3. The molecule has 3 heteroatoms. The third-order valence-electron chi connectivity index (χ3n) is 3.96. The van der Waals surface area contributed by atoms with Crippen molar-refractivity contribution in [3.63, 3.8) is 0 Å². The third-order valence-corrected chi connectivity index (χ3v) is 3.96. The van der Waals surface area contributed by atoms with E-state index in [1.54, 1.807) is 0 Å². The first-order valence-corrected chi connectivity index (χ1v) is 7.28. The Bertz CT molecular complexity index is 194. The molecular weight excluding hydrogens is 210 g/mol. The van der Waals surface area contributed by atoms with Crippen molar-refractivity contribution in [1.82, 2.24) is 15.1 Å². The average Bonchev–Trinajstić information content (AvgIpc) is 2.26. The average molecular weight is 241 g/mol. The van der Waals surface area contributed by atoms with Crippen molar-refractivity contribution in [3.8, 4) is 0 Å². The molecule has 1 aliphatic carbocycles. The van der Waals surface area contributed by atoms with Crippen molar-refractivity contribution >= 4 is 0 Å². The van der Waals surface area contributed by atoms with Crippen molar-refractivity contribution in [2.75, 3.05) is 46.8 Å². The zero-order chi connectivity index (χ0) is 12.7. The van der Waals surface area contributed by atoms with Crippen LogP contribution in [-0.2, 0) is 0 Å². The zero-order valence-electron chi connectivity index (χ0n) is 12.2. The predicted octanol–water partition coefficient (Wildman–Crippen LogP) is 1.65. The van der Waals surface area contributed by atoms with Crippen molar-refractivity contribution in [2.24, 2.45) is 5.92 Å². The van der Waals surface area contributed by atoms with Gasteiger partial charge in [-0.2, -0.15) is 0 Å². The highest BCUT2D eigenvalue weighted by atomic mass is 15.2. The van der Waals surface area contributed by atoms with Gasteiger partial charge in [0.05, 0.1) is 0 Å². The van der Waals surface area contributed by atoms with Crippen LogP contribution in [0.4, 0.5) is 0 Å². The molecule has 0 spiro atoms. The standard InChI is InChI=1S/C14H31N3/c1-5-15-12-13-8-9-14(13)17(6-2)11-7-10-16(3)4/h13-15H,5-12H2,1-4H3. The highest BCUT2D eigenvalue weighted by Gasteiger charge is 2.33. The van der Waals surface area contributed by atoms with Gasteiger partial charge < -0.3 is 15.1 Å². The number of nitrogens with zero attached hydrogens (tertiary/aromatic N) is 2. The molecule has 2 atom stereocenters. The number of hydrogen-bond acceptors (Lipinski definition) is 3. The SMILES string of the molecule is CCNCC1CCC1N(CC)CCCN(C)C. The maximum absolute atomic E-state index is 3.50. The second-order valence-corrected chi connectivity index (χ2v) is 5.50. The molecule has 1 rings (SSSR count). The molecule has 0 aliphatic heterocycles. The van der Waals surface area contributed by atoms with E-state index >= 15 is 0 Å². The number of nitrogens with one attached hydrogen (secondary N) is 1. The van der Waals surface area contributed by atoms with E-state index in [0.717, 1.165) is 18.5 Å². The lowest BCUT2D eigenvalue weighted by atomic mass is 9.78. The van der Waals surface area contributed by atoms with Gasteiger partial charge in [0.25, 0.3) is 0 Å². The Balaban J connectivity index is 2.24. The molecule has 1 fully saturated rings. The summed E-state index contributed by atoms with van der Waals surface area (Å²) >= 11 is 0. The van der Waals surface area contributed by atoms with Crippen LogP contribution in [-0.4, -0.2) is 62.7 Å². The van der Waals surface area contributed by atoms with Crippen LogP contribution in [0, 0.1) is 5.92 Å². The monoisotopic (exact) mass is 241 g/mol. The molecule has 2 unspecified atom stereocenters. The summed E-state index contributed by atoms with van der Waals surface area (Å²) in [6.45, 7) is 10.5. The summed E-state index contributed by atoms with van der Waals surface area (Å²) in [5, 5.41) is 3.50. The van der Waals surface area contributed by atoms with E-state index in [-0.39, 0.29) is 0 Å². The molecule has 0 amide bonds. The van der Waals surface area contributed by atoms with E-state index in [9.17, 15) is 0 Å². The van der Waals surface area contributed by atoms with Crippen LogP contribution in [0.5, 0.6) is 0 Å². The summed E-state index contributed by atoms with van der Waals surface area (Å²) in [5.41, 5.74) is 0. The Morgan fingerprint density at radius 2 is 1.88 bits per heavy atom. The van der Waals surface area contributed by atoms with Crippen LogP contribution in [0.3, 0.4) is 0 Å². The van der Waals surface area contributed by atoms with Crippen molar-refractivity contribution in [3.05, 3.63) is 0 Å². The summed E-state index contributed by atoms with van der Waals surface area (Å²) in [7, 11) is 4.32. The Kier molecular flexibility index (Phi) is 7.09. The lowest BCUT2D eigenvalue weighted by Crippen LogP contribution is -2.51. The number of rotatable bonds is 9. The summed E-state index contributed by atoms with van der Waals surface area (Å²) < 4.78 is 0. The fourth-order valence-corrected chi connectivity index (χ4v) is 2.75. The van der Waals surface area contributed by atoms with Crippen LogP contribution in [0.25, 0.3) is 0 Å². The highest BCUT2D eigenvalue weighted by Crippen LogP contribution is 2.31. The van der Waals surface area contributed by atoms with E-state index in [1.807, 2.05) is 0 Å². The Labute approximate surface area is 108 Å². The maximum Gasteiger partial charge on any atom is 0.0136 e. The van der Waals surface area contributed by atoms with Gasteiger partial charge in [0, 0.05) is 6.04 Å². The molecule has 0 radical (unpaired) electrons. The topological polar surface area (TPSA) is 18.5 Å². The molecule has 0 bridgehead atoms. The Hall–Kier alpha value is -0.120.